The third-order valence-corrected chi connectivity index (χ3v) is 0. The molecule has 60 valence electrons. The van der Waals surface area contributed by atoms with Crippen molar-refractivity contribution in [3.05, 3.63) is 30.6 Å². The number of hydrogen-bond acceptors (Lipinski definition) is 6. The first-order chi connectivity index (χ1) is 3.46. The summed E-state index contributed by atoms with van der Waals surface area (Å²) in [7, 11) is 0. The Balaban J connectivity index is -0.0000000300. The molecule has 0 atom stereocenters. The average molecular weight is 214 g/mol. The van der Waals surface area contributed by atoms with Gasteiger partial charge in [0, 0.05) is 0 Å². The number of rotatable bonds is 0. The predicted molar refractivity (Wildman–Crippen MR) is 35.3 cm³/mol. The molecule has 0 rings (SSSR count). The fraction of sp³-hybridized carbons (Fsp3) is 0. The molecule has 9 nitrogen and oxygen atoms in total. The van der Waals surface area contributed by atoms with Gasteiger partial charge in [0.05, 0.1) is 10.2 Å². The summed E-state index contributed by atoms with van der Waals surface area (Å²) in [5.41, 5.74) is 0. The van der Waals surface area contributed by atoms with Crippen LogP contribution in [0.5, 0.6) is 0 Å². The van der Waals surface area contributed by atoms with E-state index < -0.39 is 10.2 Å². The molecule has 0 saturated heterocycles. The van der Waals surface area contributed by atoms with Crippen LogP contribution in [0.3, 0.4) is 0 Å². The SMILES string of the molecule is O=[N+]([O-])[O-].O=[N+]([O-])[O-].[GaH2+].[NH4+]. The van der Waals surface area contributed by atoms with Crippen molar-refractivity contribution in [2.45, 2.75) is 0 Å². The topological polar surface area (TPSA) is 169 Å². The van der Waals surface area contributed by atoms with E-state index in [1.165, 1.54) is 0 Å². The van der Waals surface area contributed by atoms with Crippen molar-refractivity contribution in [3.63, 3.8) is 0 Å². The molecule has 0 aliphatic rings. The molecule has 0 spiro atoms. The van der Waals surface area contributed by atoms with Gasteiger partial charge in [-0.05, 0) is 0 Å². The minimum absolute atomic E-state index is 0. The summed E-state index contributed by atoms with van der Waals surface area (Å²) in [6.45, 7) is 0. The third kappa shape index (κ3) is 250. The minimum Gasteiger partial charge on any atom is -0.369 e. The Kier molecular flexibility index (Phi) is 36.1. The first-order valence-corrected chi connectivity index (χ1v) is 1.10. The molecule has 0 aromatic carbocycles. The van der Waals surface area contributed by atoms with Gasteiger partial charge in [0.2, 0.25) is 0 Å². The summed E-state index contributed by atoms with van der Waals surface area (Å²) in [5.74, 6) is 0. The first-order valence-electron chi connectivity index (χ1n) is 1.10. The van der Waals surface area contributed by atoms with Gasteiger partial charge in [-0.25, -0.2) is 0 Å². The number of nitrogens with zero attached hydrogens (tertiary/aromatic N) is 2. The van der Waals surface area contributed by atoms with Crippen LogP contribution in [-0.2, 0) is 0 Å². The summed E-state index contributed by atoms with van der Waals surface area (Å²) in [6, 6.07) is 0. The molecule has 0 aliphatic heterocycles. The summed E-state index contributed by atoms with van der Waals surface area (Å²) in [5, 5.41) is 29.5. The Hall–Kier alpha value is -1.00. The number of hydrogen-bond donors (Lipinski definition) is 1. The molecule has 0 aromatic rings. The molecular formula is H6GaN3O6. The second kappa shape index (κ2) is 15.7. The molecule has 0 fully saturated rings. The Morgan fingerprint density at radius 2 is 0.800 bits per heavy atom. The molecule has 0 aromatic heterocycles. The van der Waals surface area contributed by atoms with E-state index in [0.717, 1.165) is 0 Å². The first kappa shape index (κ1) is 23.0. The standard InChI is InChI=1S/Ga.2NO3.H3N.2H/c;2*2-1(3)4;;;/h;;;1H3;;/q+1;2*-1;;;/p+1. The van der Waals surface area contributed by atoms with E-state index in [2.05, 4.69) is 0 Å². The van der Waals surface area contributed by atoms with Crippen LogP contribution in [0.15, 0.2) is 0 Å². The fourth-order valence-corrected chi connectivity index (χ4v) is 0. The van der Waals surface area contributed by atoms with Gasteiger partial charge in [0.15, 0.2) is 0 Å². The molecule has 0 saturated carbocycles. The molecule has 4 N–H and O–H groups in total. The molecule has 0 heterocycles. The van der Waals surface area contributed by atoms with Crippen LogP contribution in [0, 0.1) is 30.6 Å². The Labute approximate surface area is 67.5 Å². The molecule has 0 aliphatic carbocycles. The van der Waals surface area contributed by atoms with Gasteiger partial charge in [-0.3, -0.25) is 0 Å². The van der Waals surface area contributed by atoms with Gasteiger partial charge in [-0.2, -0.15) is 0 Å². The summed E-state index contributed by atoms with van der Waals surface area (Å²) in [4.78, 5) is 16.5. The molecule has 0 bridgehead atoms. The quantitative estimate of drug-likeness (QED) is 0.307. The van der Waals surface area contributed by atoms with E-state index in [9.17, 15) is 0 Å². The van der Waals surface area contributed by atoms with E-state index in [4.69, 9.17) is 30.6 Å². The summed E-state index contributed by atoms with van der Waals surface area (Å²) < 4.78 is 0. The van der Waals surface area contributed by atoms with Gasteiger partial charge < -0.3 is 36.8 Å². The van der Waals surface area contributed by atoms with E-state index in [1.54, 1.807) is 0 Å². The van der Waals surface area contributed by atoms with Gasteiger partial charge in [-0.15, -0.1) is 0 Å². The van der Waals surface area contributed by atoms with E-state index in [-0.39, 0.29) is 25.9 Å². The molecule has 10 heteroatoms. The zero-order chi connectivity index (χ0) is 7.15. The maximum Gasteiger partial charge on any atom is -0.369 e. The molecular weight excluding hydrogens is 208 g/mol. The normalized spacial score (nSPS) is 4.80. The molecule has 0 amide bonds. The van der Waals surface area contributed by atoms with Gasteiger partial charge >= 0.3 is 19.8 Å². The zero-order valence-corrected chi connectivity index (χ0v) is 9.54. The van der Waals surface area contributed by atoms with Crippen molar-refractivity contribution in [1.82, 2.24) is 6.15 Å². The van der Waals surface area contributed by atoms with Gasteiger partial charge in [0.25, 0.3) is 0 Å². The van der Waals surface area contributed by atoms with Crippen LogP contribution in [0.25, 0.3) is 0 Å². The van der Waals surface area contributed by atoms with Crippen molar-refractivity contribution in [2.24, 2.45) is 0 Å². The van der Waals surface area contributed by atoms with Crippen molar-refractivity contribution in [1.29, 1.82) is 0 Å². The monoisotopic (exact) mass is 213 g/mol. The van der Waals surface area contributed by atoms with Gasteiger partial charge in [-0.1, -0.05) is 0 Å². The Morgan fingerprint density at radius 3 is 0.800 bits per heavy atom. The van der Waals surface area contributed by atoms with Crippen molar-refractivity contribution in [3.8, 4) is 0 Å². The van der Waals surface area contributed by atoms with Crippen LogP contribution in [-0.4, -0.2) is 30.0 Å². The Morgan fingerprint density at radius 1 is 0.800 bits per heavy atom. The molecule has 10 heavy (non-hydrogen) atoms. The minimum atomic E-state index is -1.75. The largest absolute Gasteiger partial charge is 0.369 e. The van der Waals surface area contributed by atoms with Crippen LogP contribution in [0.2, 0.25) is 0 Å². The molecule has 0 radical (unpaired) electrons. The van der Waals surface area contributed by atoms with Crippen molar-refractivity contribution >= 4 is 19.8 Å². The Bertz CT molecular complexity index is 71.0. The smallest absolute Gasteiger partial charge is 0.369 e. The van der Waals surface area contributed by atoms with Crippen LogP contribution >= 0.6 is 0 Å². The maximum absolute atomic E-state index is 8.25. The fourth-order valence-electron chi connectivity index (χ4n) is 0. The number of quaternary nitrogens is 1. The zero-order valence-electron chi connectivity index (χ0n) is 5.34. The second-order valence-electron chi connectivity index (χ2n) is 0.447. The average Bonchev–Trinajstić information content (AvgIpc) is 1.25. The van der Waals surface area contributed by atoms with Crippen LogP contribution < -0.4 is 6.15 Å². The van der Waals surface area contributed by atoms with Crippen LogP contribution in [0.1, 0.15) is 0 Å². The maximum atomic E-state index is 8.25. The van der Waals surface area contributed by atoms with E-state index >= 15 is 0 Å². The summed E-state index contributed by atoms with van der Waals surface area (Å²) in [6.07, 6.45) is 0. The van der Waals surface area contributed by atoms with E-state index in [1.807, 2.05) is 0 Å². The predicted octanol–water partition coefficient (Wildman–Crippen LogP) is -1.02. The summed E-state index contributed by atoms with van der Waals surface area (Å²) >= 11 is 0. The second-order valence-corrected chi connectivity index (χ2v) is 0.447. The van der Waals surface area contributed by atoms with Gasteiger partial charge in [0.1, 0.15) is 0 Å². The third-order valence-electron chi connectivity index (χ3n) is 0. The van der Waals surface area contributed by atoms with Crippen molar-refractivity contribution in [2.75, 3.05) is 0 Å². The van der Waals surface area contributed by atoms with Crippen LogP contribution in [0.4, 0.5) is 0 Å². The van der Waals surface area contributed by atoms with E-state index in [0.29, 0.717) is 0 Å². The molecule has 0 unspecified atom stereocenters. The van der Waals surface area contributed by atoms with Crippen molar-refractivity contribution < 1.29 is 10.2 Å².